The Morgan fingerprint density at radius 2 is 2.43 bits per heavy atom. The SMILES string of the molecule is C#CC(C)C=C=C. The molecule has 0 heteroatoms. The number of hydrogen-bond acceptors (Lipinski definition) is 0. The van der Waals surface area contributed by atoms with Gasteiger partial charge in [0.2, 0.25) is 0 Å². The van der Waals surface area contributed by atoms with E-state index in [1.54, 1.807) is 6.08 Å². The van der Waals surface area contributed by atoms with Gasteiger partial charge in [-0.15, -0.1) is 12.2 Å². The van der Waals surface area contributed by atoms with Crippen LogP contribution < -0.4 is 0 Å². The summed E-state index contributed by atoms with van der Waals surface area (Å²) in [5.41, 5.74) is 2.60. The van der Waals surface area contributed by atoms with Crippen LogP contribution in [-0.4, -0.2) is 0 Å². The summed E-state index contributed by atoms with van der Waals surface area (Å²) >= 11 is 0. The normalized spacial score (nSPS) is 10.9. The molecule has 0 nitrogen and oxygen atoms in total. The lowest BCUT2D eigenvalue weighted by molar-refractivity contribution is 0.985. The minimum Gasteiger partial charge on any atom is -0.132 e. The number of rotatable bonds is 1. The first-order valence-corrected chi connectivity index (χ1v) is 2.13. The highest BCUT2D eigenvalue weighted by atomic mass is 13.8. The maximum Gasteiger partial charge on any atom is 0.0425 e. The standard InChI is InChI=1S/C7H8/c1-4-6-7(3)5-2/h2,6-7H,1H2,3H3. The van der Waals surface area contributed by atoms with Crippen molar-refractivity contribution in [2.75, 3.05) is 0 Å². The third-order valence-corrected chi connectivity index (χ3v) is 0.631. The van der Waals surface area contributed by atoms with Gasteiger partial charge in [-0.1, -0.05) is 12.5 Å². The summed E-state index contributed by atoms with van der Waals surface area (Å²) < 4.78 is 0. The smallest absolute Gasteiger partial charge is 0.0425 e. The molecule has 0 aromatic rings. The summed E-state index contributed by atoms with van der Waals surface area (Å²) in [7, 11) is 0. The highest BCUT2D eigenvalue weighted by molar-refractivity contribution is 5.01. The average molecular weight is 92.1 g/mol. The van der Waals surface area contributed by atoms with Gasteiger partial charge in [0.1, 0.15) is 0 Å². The molecule has 0 aliphatic carbocycles. The van der Waals surface area contributed by atoms with Gasteiger partial charge in [-0.05, 0) is 13.0 Å². The van der Waals surface area contributed by atoms with Crippen LogP contribution in [0.5, 0.6) is 0 Å². The topological polar surface area (TPSA) is 0 Å². The van der Waals surface area contributed by atoms with E-state index in [9.17, 15) is 0 Å². The Kier molecular flexibility index (Phi) is 2.85. The second-order valence-electron chi connectivity index (χ2n) is 1.33. The Morgan fingerprint density at radius 1 is 1.86 bits per heavy atom. The number of hydrogen-bond donors (Lipinski definition) is 0. The molecule has 0 fully saturated rings. The van der Waals surface area contributed by atoms with Crippen molar-refractivity contribution in [3.63, 3.8) is 0 Å². The van der Waals surface area contributed by atoms with E-state index in [0.717, 1.165) is 0 Å². The van der Waals surface area contributed by atoms with Gasteiger partial charge in [-0.25, -0.2) is 0 Å². The van der Waals surface area contributed by atoms with E-state index in [-0.39, 0.29) is 5.92 Å². The zero-order valence-corrected chi connectivity index (χ0v) is 4.44. The first kappa shape index (κ1) is 6.08. The van der Waals surface area contributed by atoms with Gasteiger partial charge in [0, 0.05) is 5.92 Å². The molecule has 0 spiro atoms. The van der Waals surface area contributed by atoms with Gasteiger partial charge in [-0.2, -0.15) is 0 Å². The van der Waals surface area contributed by atoms with Crippen molar-refractivity contribution in [3.05, 3.63) is 18.4 Å². The summed E-state index contributed by atoms with van der Waals surface area (Å²) in [6.07, 6.45) is 6.76. The molecule has 0 bridgehead atoms. The highest BCUT2D eigenvalue weighted by Crippen LogP contribution is 1.89. The van der Waals surface area contributed by atoms with Crippen molar-refractivity contribution in [1.29, 1.82) is 0 Å². The van der Waals surface area contributed by atoms with Crippen LogP contribution in [0, 0.1) is 18.3 Å². The molecule has 7 heavy (non-hydrogen) atoms. The van der Waals surface area contributed by atoms with Gasteiger partial charge in [-0.3, -0.25) is 0 Å². The molecule has 0 N–H and O–H groups in total. The van der Waals surface area contributed by atoms with Crippen LogP contribution in [0.25, 0.3) is 0 Å². The van der Waals surface area contributed by atoms with Crippen molar-refractivity contribution in [2.24, 2.45) is 5.92 Å². The quantitative estimate of drug-likeness (QED) is 0.340. The summed E-state index contributed by atoms with van der Waals surface area (Å²) in [5.74, 6) is 2.69. The van der Waals surface area contributed by atoms with E-state index in [4.69, 9.17) is 6.42 Å². The summed E-state index contributed by atoms with van der Waals surface area (Å²) in [6.45, 7) is 5.29. The highest BCUT2D eigenvalue weighted by Gasteiger charge is 1.81. The van der Waals surface area contributed by atoms with E-state index in [1.165, 1.54) is 0 Å². The maximum atomic E-state index is 5.01. The zero-order valence-electron chi connectivity index (χ0n) is 4.44. The predicted octanol–water partition coefficient (Wildman–Crippen LogP) is 1.60. The average Bonchev–Trinajstić information content (AvgIpc) is 1.68. The molecule has 0 radical (unpaired) electrons. The molecule has 0 saturated carbocycles. The van der Waals surface area contributed by atoms with E-state index in [2.05, 4.69) is 18.2 Å². The molecule has 0 saturated heterocycles. The van der Waals surface area contributed by atoms with Crippen LogP contribution in [0.15, 0.2) is 18.4 Å². The molecule has 36 valence electrons. The van der Waals surface area contributed by atoms with Gasteiger partial charge in [0.15, 0.2) is 0 Å². The van der Waals surface area contributed by atoms with Crippen molar-refractivity contribution >= 4 is 0 Å². The molecule has 1 unspecified atom stereocenters. The molecule has 1 atom stereocenters. The molecule has 0 aromatic carbocycles. The second-order valence-corrected chi connectivity index (χ2v) is 1.33. The van der Waals surface area contributed by atoms with Crippen LogP contribution >= 0.6 is 0 Å². The molecule has 0 rings (SSSR count). The largest absolute Gasteiger partial charge is 0.132 e. The molecule has 0 aromatic heterocycles. The van der Waals surface area contributed by atoms with Crippen LogP contribution in [0.3, 0.4) is 0 Å². The van der Waals surface area contributed by atoms with Gasteiger partial charge in [0.05, 0.1) is 0 Å². The Labute approximate surface area is 44.5 Å². The summed E-state index contributed by atoms with van der Waals surface area (Å²) in [6, 6.07) is 0. The lowest BCUT2D eigenvalue weighted by atomic mass is 10.2. The van der Waals surface area contributed by atoms with Gasteiger partial charge >= 0.3 is 0 Å². The first-order chi connectivity index (χ1) is 3.31. The minimum absolute atomic E-state index is 0.178. The van der Waals surface area contributed by atoms with Crippen molar-refractivity contribution < 1.29 is 0 Å². The fraction of sp³-hybridized carbons (Fsp3) is 0.286. The lowest BCUT2D eigenvalue weighted by Gasteiger charge is -1.84. The van der Waals surface area contributed by atoms with E-state index >= 15 is 0 Å². The molecule has 0 aliphatic rings. The van der Waals surface area contributed by atoms with Crippen molar-refractivity contribution in [1.82, 2.24) is 0 Å². The fourth-order valence-electron chi connectivity index (χ4n) is 0.225. The maximum absolute atomic E-state index is 5.01. The van der Waals surface area contributed by atoms with E-state index in [1.807, 2.05) is 6.92 Å². The molecular weight excluding hydrogens is 84.1 g/mol. The summed E-state index contributed by atoms with van der Waals surface area (Å²) in [4.78, 5) is 0. The Hall–Kier alpha value is -0.920. The van der Waals surface area contributed by atoms with E-state index < -0.39 is 0 Å². The predicted molar refractivity (Wildman–Crippen MR) is 31.7 cm³/mol. The van der Waals surface area contributed by atoms with Crippen LogP contribution in [0.2, 0.25) is 0 Å². The van der Waals surface area contributed by atoms with Gasteiger partial charge < -0.3 is 0 Å². The minimum atomic E-state index is 0.178. The van der Waals surface area contributed by atoms with E-state index in [0.29, 0.717) is 0 Å². The third kappa shape index (κ3) is 2.89. The van der Waals surface area contributed by atoms with Gasteiger partial charge in [0.25, 0.3) is 0 Å². The Balaban J connectivity index is 3.64. The Bertz CT molecular complexity index is 119. The first-order valence-electron chi connectivity index (χ1n) is 2.13. The second kappa shape index (κ2) is 3.28. The lowest BCUT2D eigenvalue weighted by Crippen LogP contribution is -1.77. The van der Waals surface area contributed by atoms with Crippen LogP contribution in [0.1, 0.15) is 6.92 Å². The molecule has 0 heterocycles. The van der Waals surface area contributed by atoms with Crippen LogP contribution in [0.4, 0.5) is 0 Å². The third-order valence-electron chi connectivity index (χ3n) is 0.631. The molecule has 0 amide bonds. The molecular formula is C7H8. The zero-order chi connectivity index (χ0) is 5.70. The van der Waals surface area contributed by atoms with Crippen molar-refractivity contribution in [3.8, 4) is 12.3 Å². The van der Waals surface area contributed by atoms with Crippen molar-refractivity contribution in [2.45, 2.75) is 6.92 Å². The number of allylic oxidation sites excluding steroid dienone is 1. The molecule has 0 aliphatic heterocycles. The van der Waals surface area contributed by atoms with Crippen LogP contribution in [-0.2, 0) is 0 Å². The number of terminal acetylenes is 1. The summed E-state index contributed by atoms with van der Waals surface area (Å²) in [5, 5.41) is 0. The Morgan fingerprint density at radius 3 is 2.57 bits per heavy atom. The fourth-order valence-corrected chi connectivity index (χ4v) is 0.225. The monoisotopic (exact) mass is 92.1 g/mol.